The summed E-state index contributed by atoms with van der Waals surface area (Å²) < 4.78 is 58.6. The minimum absolute atomic E-state index is 0.428. The molecule has 0 unspecified atom stereocenters. The van der Waals surface area contributed by atoms with Crippen LogP contribution in [0.4, 0.5) is 0 Å². The molecule has 0 aromatic heterocycles. The van der Waals surface area contributed by atoms with Crippen LogP contribution in [-0.2, 0) is 51.4 Å². The fraction of sp³-hybridized carbons (Fsp3) is 0.500. The average Bonchev–Trinajstić information content (AvgIpc) is 3.30. The van der Waals surface area contributed by atoms with E-state index in [1.165, 1.54) is 22.3 Å². The van der Waals surface area contributed by atoms with Gasteiger partial charge in [-0.3, -0.25) is 0 Å². The topological polar surface area (TPSA) is 92.3 Å². The Hall–Kier alpha value is -2.76. The molecule has 14 heteroatoms. The van der Waals surface area contributed by atoms with Crippen molar-refractivity contribution in [2.45, 2.75) is 23.0 Å². The van der Waals surface area contributed by atoms with Crippen LogP contribution in [-0.4, -0.2) is 129 Å². The number of rotatable bonds is 0. The minimum Gasteiger partial charge on any atom is -0.487 e. The molecule has 4 aromatic carbocycles. The SMILES string of the molecule is c1cc2cc(c1)CSCCOCCOc1ccccc1OCCOCCSCc1cccc(c1)CSCCOCCOCCOc1ccccc1OCCOCCOCCSC2. The summed E-state index contributed by atoms with van der Waals surface area (Å²) in [5.74, 6) is 10.4. The van der Waals surface area contributed by atoms with Crippen molar-refractivity contribution < 1.29 is 47.4 Å². The summed E-state index contributed by atoms with van der Waals surface area (Å²) in [4.78, 5) is 0. The van der Waals surface area contributed by atoms with Crippen molar-refractivity contribution in [2.75, 3.05) is 129 Å². The lowest BCUT2D eigenvalue weighted by molar-refractivity contribution is 0.0377. The second-order valence-corrected chi connectivity index (χ2v) is 18.2. The Kier molecular flexibility index (Phi) is 27.3. The van der Waals surface area contributed by atoms with E-state index in [9.17, 15) is 0 Å². The van der Waals surface area contributed by atoms with Crippen LogP contribution >= 0.6 is 47.0 Å². The molecule has 340 valence electrons. The molecule has 0 amide bonds. The number of fused-ring (bicyclic) bond motifs is 6. The van der Waals surface area contributed by atoms with Crippen LogP contribution in [0.15, 0.2) is 97.1 Å². The van der Waals surface area contributed by atoms with Gasteiger partial charge in [-0.2, -0.15) is 47.0 Å². The van der Waals surface area contributed by atoms with Crippen LogP contribution in [0.25, 0.3) is 0 Å². The number of thioether (sulfide) groups is 4. The minimum atomic E-state index is 0.428. The largest absolute Gasteiger partial charge is 0.487 e. The van der Waals surface area contributed by atoms with Crippen molar-refractivity contribution in [3.63, 3.8) is 0 Å². The molecule has 0 fully saturated rings. The first-order valence-corrected chi connectivity index (χ1v) is 26.1. The van der Waals surface area contributed by atoms with Crippen LogP contribution in [0.1, 0.15) is 22.3 Å². The highest BCUT2D eigenvalue weighted by Crippen LogP contribution is 2.27. The van der Waals surface area contributed by atoms with Crippen molar-refractivity contribution in [2.24, 2.45) is 0 Å². The number of para-hydroxylation sites is 4. The smallest absolute Gasteiger partial charge is 0.161 e. The molecular weight excluding hydrogens is 865 g/mol. The predicted octanol–water partition coefficient (Wildman–Crippen LogP) is 9.35. The Balaban J connectivity index is 0.990. The lowest BCUT2D eigenvalue weighted by Gasteiger charge is -2.13. The molecule has 0 radical (unpaired) electrons. The highest BCUT2D eigenvalue weighted by atomic mass is 32.2. The van der Waals surface area contributed by atoms with E-state index in [0.29, 0.717) is 117 Å². The maximum Gasteiger partial charge on any atom is 0.161 e. The van der Waals surface area contributed by atoms with Gasteiger partial charge in [0, 0.05) is 46.0 Å². The van der Waals surface area contributed by atoms with Gasteiger partial charge in [0.2, 0.25) is 0 Å². The van der Waals surface area contributed by atoms with E-state index in [2.05, 4.69) is 48.5 Å². The van der Waals surface area contributed by atoms with Gasteiger partial charge in [0.15, 0.2) is 23.0 Å². The zero-order valence-electron chi connectivity index (χ0n) is 35.9. The molecular formula is C48H64O10S4. The maximum atomic E-state index is 6.00. The van der Waals surface area contributed by atoms with Crippen molar-refractivity contribution in [1.29, 1.82) is 0 Å². The molecule has 1 aliphatic heterocycles. The fourth-order valence-electron chi connectivity index (χ4n) is 5.92. The van der Waals surface area contributed by atoms with Gasteiger partial charge in [0.25, 0.3) is 0 Å². The molecule has 1 heterocycles. The monoisotopic (exact) mass is 928 g/mol. The number of ether oxygens (including phenoxy) is 10. The van der Waals surface area contributed by atoms with Crippen LogP contribution in [0, 0.1) is 0 Å². The summed E-state index contributed by atoms with van der Waals surface area (Å²) in [5, 5.41) is 0. The first kappa shape index (κ1) is 50.2. The molecule has 4 bridgehead atoms. The summed E-state index contributed by atoms with van der Waals surface area (Å²) in [5.41, 5.74) is 5.33. The lowest BCUT2D eigenvalue weighted by atomic mass is 10.2. The zero-order chi connectivity index (χ0) is 42.8. The van der Waals surface area contributed by atoms with Crippen LogP contribution in [0.3, 0.4) is 0 Å². The Morgan fingerprint density at radius 1 is 0.258 bits per heavy atom. The van der Waals surface area contributed by atoms with Gasteiger partial charge in [-0.15, -0.1) is 0 Å². The molecule has 0 saturated carbocycles. The number of hydrogen-bond acceptors (Lipinski definition) is 14. The highest BCUT2D eigenvalue weighted by Gasteiger charge is 2.07. The summed E-state index contributed by atoms with van der Waals surface area (Å²) in [7, 11) is 0. The highest BCUT2D eigenvalue weighted by molar-refractivity contribution is 7.99. The van der Waals surface area contributed by atoms with E-state index in [0.717, 1.165) is 57.5 Å². The van der Waals surface area contributed by atoms with Gasteiger partial charge in [-0.25, -0.2) is 0 Å². The lowest BCUT2D eigenvalue weighted by Crippen LogP contribution is -2.13. The summed E-state index contributed by atoms with van der Waals surface area (Å²) in [6.07, 6.45) is 0. The Morgan fingerprint density at radius 2 is 0.500 bits per heavy atom. The Morgan fingerprint density at radius 3 is 0.774 bits per heavy atom. The van der Waals surface area contributed by atoms with E-state index in [-0.39, 0.29) is 0 Å². The molecule has 0 spiro atoms. The molecule has 0 aliphatic carbocycles. The quantitative estimate of drug-likeness (QED) is 0.168. The first-order valence-electron chi connectivity index (χ1n) is 21.5. The first-order chi connectivity index (χ1) is 30.8. The maximum absolute atomic E-state index is 6.00. The zero-order valence-corrected chi connectivity index (χ0v) is 39.2. The number of hydrogen-bond donors (Lipinski definition) is 0. The van der Waals surface area contributed by atoms with Gasteiger partial charge in [0.05, 0.1) is 79.3 Å². The van der Waals surface area contributed by atoms with Crippen LogP contribution in [0.5, 0.6) is 23.0 Å². The van der Waals surface area contributed by atoms with Gasteiger partial charge in [-0.05, 0) is 46.5 Å². The molecule has 62 heavy (non-hydrogen) atoms. The summed E-state index contributed by atoms with van der Waals surface area (Å²) in [6.45, 7) is 8.68. The molecule has 0 saturated heterocycles. The standard InChI is InChI=1S/C48H64O10S4/c1-2-12-46-45(11-1)55-23-19-49-15-17-51-27-31-59-37-41-7-5-9-43(35-41)39-61-33-29-53-21-25-57-47-13-3-4-14-48(47)58-26-22-54-30-34-62-40-44-10-6-8-42(36-44)38-60-32-28-52-18-16-50-20-24-56-46/h1-14,35-36H,15-34,37-40H2. The van der Waals surface area contributed by atoms with E-state index in [1.807, 2.05) is 95.6 Å². The van der Waals surface area contributed by atoms with Gasteiger partial charge < -0.3 is 47.4 Å². The van der Waals surface area contributed by atoms with Gasteiger partial charge >= 0.3 is 0 Å². The normalized spacial score (nSPS) is 18.6. The molecule has 10 nitrogen and oxygen atoms in total. The third kappa shape index (κ3) is 22.7. The fourth-order valence-corrected chi connectivity index (χ4v) is 9.10. The molecule has 5 rings (SSSR count). The molecule has 0 N–H and O–H groups in total. The van der Waals surface area contributed by atoms with Crippen molar-refractivity contribution in [3.05, 3.63) is 119 Å². The van der Waals surface area contributed by atoms with Crippen molar-refractivity contribution in [3.8, 4) is 23.0 Å². The van der Waals surface area contributed by atoms with E-state index >= 15 is 0 Å². The third-order valence-electron chi connectivity index (χ3n) is 8.93. The second-order valence-electron chi connectivity index (χ2n) is 13.8. The van der Waals surface area contributed by atoms with E-state index < -0.39 is 0 Å². The molecule has 0 atom stereocenters. The molecule has 4 aromatic rings. The van der Waals surface area contributed by atoms with Crippen molar-refractivity contribution >= 4 is 47.0 Å². The van der Waals surface area contributed by atoms with Gasteiger partial charge in [-0.1, -0.05) is 72.8 Å². The average molecular weight is 929 g/mol. The van der Waals surface area contributed by atoms with Crippen LogP contribution < -0.4 is 18.9 Å². The van der Waals surface area contributed by atoms with Gasteiger partial charge in [0.1, 0.15) is 26.4 Å². The second kappa shape index (κ2) is 33.7. The summed E-state index contributed by atoms with van der Waals surface area (Å²) >= 11 is 7.53. The third-order valence-corrected chi connectivity index (χ3v) is 12.9. The summed E-state index contributed by atoms with van der Waals surface area (Å²) in [6, 6.07) is 33.1. The van der Waals surface area contributed by atoms with Crippen molar-refractivity contribution in [1.82, 2.24) is 0 Å². The van der Waals surface area contributed by atoms with Crippen LogP contribution in [0.2, 0.25) is 0 Å². The van der Waals surface area contributed by atoms with E-state index in [1.54, 1.807) is 0 Å². The Labute approximate surface area is 386 Å². The Bertz CT molecular complexity index is 1610. The van der Waals surface area contributed by atoms with E-state index in [4.69, 9.17) is 47.4 Å². The predicted molar refractivity (Wildman–Crippen MR) is 257 cm³/mol. The number of benzene rings is 4. The molecule has 1 aliphatic rings.